The molecule has 2 atom stereocenters. The number of fused-ring (bicyclic) bond motifs is 6. The molecule has 1 saturated heterocycles. The zero-order valence-corrected chi connectivity index (χ0v) is 14.8. The van der Waals surface area contributed by atoms with E-state index in [9.17, 15) is 10.2 Å². The van der Waals surface area contributed by atoms with E-state index in [0.717, 1.165) is 23.6 Å². The Morgan fingerprint density at radius 3 is 2.08 bits per heavy atom. The standard InChI is InChI=1S/C20H18ClNO3/c1-19-9-10-20(2,25-19)16-15(19)17(23)22(18(16)24)14-8-7-13(21)11-5-3-4-6-12(11)14/h3-8,23-24H,9-10H2,1-2H3/t19-,20+. The summed E-state index contributed by atoms with van der Waals surface area (Å²) in [6.07, 6.45) is 1.66. The summed E-state index contributed by atoms with van der Waals surface area (Å²) >= 11 is 6.32. The van der Waals surface area contributed by atoms with Gasteiger partial charge in [0.05, 0.1) is 28.0 Å². The van der Waals surface area contributed by atoms with Crippen LogP contribution in [-0.2, 0) is 15.9 Å². The maximum Gasteiger partial charge on any atom is 0.205 e. The second-order valence-electron chi connectivity index (χ2n) is 7.41. The molecule has 2 N–H and O–H groups in total. The quantitative estimate of drug-likeness (QED) is 0.649. The van der Waals surface area contributed by atoms with Crippen molar-refractivity contribution in [2.75, 3.05) is 0 Å². The Balaban J connectivity index is 1.87. The minimum atomic E-state index is -0.556. The molecule has 2 bridgehead atoms. The van der Waals surface area contributed by atoms with E-state index < -0.39 is 11.2 Å². The Kier molecular flexibility index (Phi) is 2.73. The van der Waals surface area contributed by atoms with Gasteiger partial charge in [-0.2, -0.15) is 0 Å². The van der Waals surface area contributed by atoms with Gasteiger partial charge in [0.25, 0.3) is 0 Å². The van der Waals surface area contributed by atoms with Gasteiger partial charge in [0.15, 0.2) is 0 Å². The topological polar surface area (TPSA) is 54.6 Å². The highest BCUT2D eigenvalue weighted by Gasteiger charge is 2.59. The molecule has 2 aromatic carbocycles. The Bertz CT molecular complexity index is 1020. The van der Waals surface area contributed by atoms with Gasteiger partial charge in [-0.05, 0) is 38.8 Å². The lowest BCUT2D eigenvalue weighted by Crippen LogP contribution is -2.17. The van der Waals surface area contributed by atoms with E-state index in [1.54, 1.807) is 6.07 Å². The fourth-order valence-corrected chi connectivity index (χ4v) is 4.88. The SMILES string of the molecule is C[C@]12CC[C@](C)(O1)c1c2c(O)n(-c2ccc(Cl)c3ccccc23)c1O. The van der Waals surface area contributed by atoms with Gasteiger partial charge < -0.3 is 14.9 Å². The van der Waals surface area contributed by atoms with Crippen LogP contribution in [-0.4, -0.2) is 14.8 Å². The van der Waals surface area contributed by atoms with E-state index >= 15 is 0 Å². The van der Waals surface area contributed by atoms with Crippen molar-refractivity contribution in [3.05, 3.63) is 52.5 Å². The first-order valence-electron chi connectivity index (χ1n) is 8.41. The largest absolute Gasteiger partial charge is 0.494 e. The lowest BCUT2D eigenvalue weighted by molar-refractivity contribution is -0.0683. The molecule has 0 unspecified atom stereocenters. The van der Waals surface area contributed by atoms with Crippen molar-refractivity contribution in [3.8, 4) is 17.4 Å². The van der Waals surface area contributed by atoms with Gasteiger partial charge in [0, 0.05) is 15.8 Å². The van der Waals surface area contributed by atoms with Crippen LogP contribution in [0.3, 0.4) is 0 Å². The van der Waals surface area contributed by atoms with Gasteiger partial charge in [-0.1, -0.05) is 35.9 Å². The van der Waals surface area contributed by atoms with Crippen LogP contribution >= 0.6 is 11.6 Å². The maximum atomic E-state index is 11.0. The average Bonchev–Trinajstić information content (AvgIpc) is 3.13. The predicted octanol–water partition coefficient (Wildman–Crippen LogP) is 4.95. The van der Waals surface area contributed by atoms with Crippen molar-refractivity contribution in [1.29, 1.82) is 0 Å². The van der Waals surface area contributed by atoms with Gasteiger partial charge in [0.2, 0.25) is 11.8 Å². The Labute approximate surface area is 150 Å². The van der Waals surface area contributed by atoms with Crippen molar-refractivity contribution < 1.29 is 14.9 Å². The normalized spacial score (nSPS) is 27.2. The third kappa shape index (κ3) is 1.71. The molecule has 0 amide bonds. The summed E-state index contributed by atoms with van der Waals surface area (Å²) in [5, 5.41) is 24.4. The second kappa shape index (κ2) is 4.51. The first-order chi connectivity index (χ1) is 11.9. The summed E-state index contributed by atoms with van der Waals surface area (Å²) in [6, 6.07) is 11.3. The number of halogens is 1. The lowest BCUT2D eigenvalue weighted by Gasteiger charge is -2.21. The third-order valence-electron chi connectivity index (χ3n) is 5.80. The Hall–Kier alpha value is -2.17. The molecule has 128 valence electrons. The summed E-state index contributed by atoms with van der Waals surface area (Å²) in [7, 11) is 0. The van der Waals surface area contributed by atoms with Crippen molar-refractivity contribution in [2.24, 2.45) is 0 Å². The summed E-state index contributed by atoms with van der Waals surface area (Å²) in [6.45, 7) is 3.96. The van der Waals surface area contributed by atoms with E-state index in [-0.39, 0.29) is 11.8 Å². The molecule has 5 rings (SSSR count). The van der Waals surface area contributed by atoms with Crippen molar-refractivity contribution >= 4 is 22.4 Å². The summed E-state index contributed by atoms with van der Waals surface area (Å²) < 4.78 is 7.68. The highest BCUT2D eigenvalue weighted by atomic mass is 35.5. The number of aromatic hydroxyl groups is 2. The molecule has 5 heteroatoms. The Morgan fingerprint density at radius 1 is 0.920 bits per heavy atom. The molecule has 0 spiro atoms. The fraction of sp³-hybridized carbons (Fsp3) is 0.300. The molecular weight excluding hydrogens is 338 g/mol. The number of ether oxygens (including phenoxy) is 1. The molecule has 0 aliphatic carbocycles. The molecule has 0 saturated carbocycles. The van der Waals surface area contributed by atoms with Crippen LogP contribution < -0.4 is 0 Å². The number of rotatable bonds is 1. The maximum absolute atomic E-state index is 11.0. The monoisotopic (exact) mass is 355 g/mol. The molecule has 1 fully saturated rings. The van der Waals surface area contributed by atoms with E-state index in [4.69, 9.17) is 16.3 Å². The second-order valence-corrected chi connectivity index (χ2v) is 7.82. The van der Waals surface area contributed by atoms with Crippen LogP contribution in [0.4, 0.5) is 0 Å². The molecule has 2 aliphatic heterocycles. The van der Waals surface area contributed by atoms with Gasteiger partial charge in [-0.15, -0.1) is 0 Å². The van der Waals surface area contributed by atoms with E-state index in [0.29, 0.717) is 21.8 Å². The zero-order chi connectivity index (χ0) is 17.6. The number of benzene rings is 2. The van der Waals surface area contributed by atoms with Gasteiger partial charge in [-0.3, -0.25) is 4.57 Å². The zero-order valence-electron chi connectivity index (χ0n) is 14.0. The number of nitrogens with zero attached hydrogens (tertiary/aromatic N) is 1. The molecule has 2 aliphatic rings. The molecule has 4 nitrogen and oxygen atoms in total. The highest BCUT2D eigenvalue weighted by Crippen LogP contribution is 2.64. The third-order valence-corrected chi connectivity index (χ3v) is 6.13. The molecule has 25 heavy (non-hydrogen) atoms. The number of hydrogen-bond donors (Lipinski definition) is 2. The van der Waals surface area contributed by atoms with Crippen LogP contribution in [0.1, 0.15) is 37.8 Å². The lowest BCUT2D eigenvalue weighted by atomic mass is 9.80. The Morgan fingerprint density at radius 2 is 1.48 bits per heavy atom. The van der Waals surface area contributed by atoms with Crippen molar-refractivity contribution in [3.63, 3.8) is 0 Å². The van der Waals surface area contributed by atoms with Crippen LogP contribution in [0.25, 0.3) is 16.5 Å². The van der Waals surface area contributed by atoms with Crippen molar-refractivity contribution in [2.45, 2.75) is 37.9 Å². The van der Waals surface area contributed by atoms with Gasteiger partial charge in [-0.25, -0.2) is 0 Å². The van der Waals surface area contributed by atoms with Crippen molar-refractivity contribution in [1.82, 2.24) is 4.57 Å². The average molecular weight is 356 g/mol. The first-order valence-corrected chi connectivity index (χ1v) is 8.79. The summed E-state index contributed by atoms with van der Waals surface area (Å²) in [5.74, 6) is 0.0943. The van der Waals surface area contributed by atoms with Crippen LogP contribution in [0.15, 0.2) is 36.4 Å². The number of aromatic nitrogens is 1. The minimum Gasteiger partial charge on any atom is -0.494 e. The number of hydrogen-bond acceptors (Lipinski definition) is 3. The smallest absolute Gasteiger partial charge is 0.205 e. The van der Waals surface area contributed by atoms with E-state index in [2.05, 4.69) is 0 Å². The summed E-state index contributed by atoms with van der Waals surface area (Å²) in [4.78, 5) is 0. The van der Waals surface area contributed by atoms with Crippen LogP contribution in [0.2, 0.25) is 5.02 Å². The predicted molar refractivity (Wildman–Crippen MR) is 96.6 cm³/mol. The van der Waals surface area contributed by atoms with E-state index in [1.807, 2.05) is 44.2 Å². The molecule has 3 heterocycles. The first kappa shape index (κ1) is 15.1. The molecular formula is C20H18ClNO3. The van der Waals surface area contributed by atoms with Crippen LogP contribution in [0.5, 0.6) is 11.8 Å². The van der Waals surface area contributed by atoms with Gasteiger partial charge >= 0.3 is 0 Å². The molecule has 0 radical (unpaired) electrons. The molecule has 1 aromatic heterocycles. The molecule has 3 aromatic rings. The minimum absolute atomic E-state index is 0.0471. The summed E-state index contributed by atoms with van der Waals surface area (Å²) in [5.41, 5.74) is 1.00. The van der Waals surface area contributed by atoms with Crippen LogP contribution in [0, 0.1) is 0 Å². The van der Waals surface area contributed by atoms with E-state index in [1.165, 1.54) is 4.57 Å². The fourth-order valence-electron chi connectivity index (χ4n) is 4.65. The highest BCUT2D eigenvalue weighted by molar-refractivity contribution is 6.35. The van der Waals surface area contributed by atoms with Gasteiger partial charge in [0.1, 0.15) is 0 Å².